The second kappa shape index (κ2) is 15.0. The van der Waals surface area contributed by atoms with Gasteiger partial charge >= 0.3 is 0 Å². The first-order valence-corrected chi connectivity index (χ1v) is 15.1. The van der Waals surface area contributed by atoms with Crippen molar-refractivity contribution < 1.29 is 10.2 Å². The van der Waals surface area contributed by atoms with Gasteiger partial charge in [-0.05, 0) is 98.7 Å². The number of rotatable bonds is 3. The molecular weight excluding hydrogens is 436 g/mol. The highest BCUT2D eigenvalue weighted by Crippen LogP contribution is 2.69. The van der Waals surface area contributed by atoms with Crippen LogP contribution in [0.25, 0.3) is 0 Å². The third kappa shape index (κ3) is 6.14. The molecule has 0 aromatic heterocycles. The Morgan fingerprint density at radius 2 is 1.40 bits per heavy atom. The fraction of sp³-hybridized carbons (Fsp3) is 1.00. The summed E-state index contributed by atoms with van der Waals surface area (Å²) in [7, 11) is 0. The van der Waals surface area contributed by atoms with Gasteiger partial charge in [-0.15, -0.1) is 0 Å². The number of fused-ring (bicyclic) bond motifs is 5. The maximum Gasteiger partial charge on any atom is 0.0923 e. The van der Waals surface area contributed by atoms with E-state index in [2.05, 4.69) is 19.0 Å². The zero-order valence-corrected chi connectivity index (χ0v) is 25.2. The Bertz CT molecular complexity index is 600. The van der Waals surface area contributed by atoms with Crippen LogP contribution in [0.5, 0.6) is 0 Å². The molecule has 4 rings (SSSR count). The normalized spacial score (nSPS) is 43.8. The molecule has 210 valence electrons. The summed E-state index contributed by atoms with van der Waals surface area (Å²) < 4.78 is 0. The summed E-state index contributed by atoms with van der Waals surface area (Å²) in [6, 6.07) is -0.0950. The van der Waals surface area contributed by atoms with Crippen LogP contribution in [0, 0.1) is 45.3 Å². The molecule has 4 saturated carbocycles. The Hall–Kier alpha value is -0.520. The standard InChI is InChI=1S/C22H38N2O3.4C2H6/c1-13(26)16-4-5-18-20(16,2)9-7-19-21(3)8-6-15(24-27)10-17(21)14(12-25)11-22(18,19)23;4*1-2/h13-19,25-26H,4-12,23H2,1-3H3;4*1-2H3. The lowest BCUT2D eigenvalue weighted by molar-refractivity contribution is -0.161. The van der Waals surface area contributed by atoms with Crippen molar-refractivity contribution >= 4 is 0 Å². The molecule has 0 bridgehead atoms. The average Bonchev–Trinajstić information content (AvgIpc) is 3.26. The van der Waals surface area contributed by atoms with E-state index in [-0.39, 0.29) is 41.0 Å². The molecular formula is C30H62N2O3. The Morgan fingerprint density at radius 3 is 1.89 bits per heavy atom. The zero-order chi connectivity index (χ0) is 27.6. The smallest absolute Gasteiger partial charge is 0.0923 e. The second-order valence-corrected chi connectivity index (χ2v) is 11.0. The molecule has 0 saturated heterocycles. The molecule has 10 unspecified atom stereocenters. The maximum absolute atomic E-state index is 11.2. The van der Waals surface area contributed by atoms with Crippen LogP contribution in [0.15, 0.2) is 5.18 Å². The Kier molecular flexibility index (Phi) is 14.8. The number of aliphatic hydroxyl groups excluding tert-OH is 2. The van der Waals surface area contributed by atoms with Crippen LogP contribution in [-0.4, -0.2) is 34.5 Å². The number of nitroso groups, excluding NO2 is 1. The highest BCUT2D eigenvalue weighted by Gasteiger charge is 2.67. The van der Waals surface area contributed by atoms with Gasteiger partial charge in [0.2, 0.25) is 0 Å². The Morgan fingerprint density at radius 1 is 0.886 bits per heavy atom. The molecule has 0 aromatic carbocycles. The molecule has 0 aliphatic heterocycles. The number of hydrogen-bond acceptors (Lipinski definition) is 5. The summed E-state index contributed by atoms with van der Waals surface area (Å²) in [5, 5.41) is 24.0. The summed E-state index contributed by atoms with van der Waals surface area (Å²) in [4.78, 5) is 11.2. The van der Waals surface area contributed by atoms with Gasteiger partial charge in [-0.1, -0.05) is 74.4 Å². The molecule has 5 heteroatoms. The van der Waals surface area contributed by atoms with Crippen molar-refractivity contribution in [3.05, 3.63) is 4.91 Å². The minimum Gasteiger partial charge on any atom is -0.396 e. The molecule has 0 aromatic rings. The molecule has 4 fully saturated rings. The zero-order valence-electron chi connectivity index (χ0n) is 25.2. The quantitative estimate of drug-likeness (QED) is 0.350. The Balaban J connectivity index is 0.00000132. The first kappa shape index (κ1) is 34.5. The summed E-state index contributed by atoms with van der Waals surface area (Å²) >= 11 is 0. The molecule has 0 radical (unpaired) electrons. The first-order chi connectivity index (χ1) is 16.7. The molecule has 10 atom stereocenters. The highest BCUT2D eigenvalue weighted by atomic mass is 16.3. The van der Waals surface area contributed by atoms with E-state index >= 15 is 0 Å². The van der Waals surface area contributed by atoms with Crippen LogP contribution in [0.2, 0.25) is 0 Å². The molecule has 5 nitrogen and oxygen atoms in total. The second-order valence-electron chi connectivity index (χ2n) is 11.0. The van der Waals surface area contributed by atoms with Crippen LogP contribution in [0.1, 0.15) is 128 Å². The third-order valence-electron chi connectivity index (χ3n) is 10.0. The predicted octanol–water partition coefficient (Wildman–Crippen LogP) is 7.57. The molecule has 0 spiro atoms. The van der Waals surface area contributed by atoms with Gasteiger partial charge < -0.3 is 15.9 Å². The fourth-order valence-corrected chi connectivity index (χ4v) is 8.88. The topological polar surface area (TPSA) is 95.9 Å². The SMILES string of the molecule is CC.CC.CC.CC.CC(O)C1CCC2C1(C)CCC1C3(C)CCC(N=O)CC3C(CO)CC21N. The van der Waals surface area contributed by atoms with Crippen LogP contribution in [0.4, 0.5) is 0 Å². The first-order valence-electron chi connectivity index (χ1n) is 15.1. The van der Waals surface area contributed by atoms with Crippen molar-refractivity contribution in [2.75, 3.05) is 6.61 Å². The van der Waals surface area contributed by atoms with Gasteiger partial charge in [0.1, 0.15) is 0 Å². The van der Waals surface area contributed by atoms with E-state index in [4.69, 9.17) is 5.73 Å². The van der Waals surface area contributed by atoms with Gasteiger partial charge in [0, 0.05) is 12.1 Å². The van der Waals surface area contributed by atoms with Gasteiger partial charge in [0.25, 0.3) is 0 Å². The lowest BCUT2D eigenvalue weighted by atomic mass is 9.40. The maximum atomic E-state index is 11.2. The molecule has 35 heavy (non-hydrogen) atoms. The largest absolute Gasteiger partial charge is 0.396 e. The molecule has 4 aliphatic rings. The van der Waals surface area contributed by atoms with Crippen molar-refractivity contribution in [3.8, 4) is 0 Å². The lowest BCUT2D eigenvalue weighted by Crippen LogP contribution is -2.70. The van der Waals surface area contributed by atoms with Crippen molar-refractivity contribution in [2.45, 2.75) is 145 Å². The number of nitrogens with two attached hydrogens (primary N) is 1. The van der Waals surface area contributed by atoms with Crippen LogP contribution in [0.3, 0.4) is 0 Å². The summed E-state index contributed by atoms with van der Waals surface area (Å²) in [6.07, 6.45) is 7.65. The van der Waals surface area contributed by atoms with Gasteiger partial charge in [-0.3, -0.25) is 0 Å². The summed E-state index contributed by atoms with van der Waals surface area (Å²) in [6.45, 7) is 22.8. The van der Waals surface area contributed by atoms with E-state index in [0.29, 0.717) is 23.7 Å². The van der Waals surface area contributed by atoms with Gasteiger partial charge in [0.15, 0.2) is 0 Å². The molecule has 4 aliphatic carbocycles. The fourth-order valence-electron chi connectivity index (χ4n) is 8.88. The van der Waals surface area contributed by atoms with E-state index in [1.165, 1.54) is 0 Å². The molecule has 0 amide bonds. The van der Waals surface area contributed by atoms with E-state index < -0.39 is 0 Å². The Labute approximate surface area is 218 Å². The van der Waals surface area contributed by atoms with Gasteiger partial charge in [0.05, 0.1) is 12.1 Å². The monoisotopic (exact) mass is 498 g/mol. The number of nitrogens with zero attached hydrogens (tertiary/aromatic N) is 1. The van der Waals surface area contributed by atoms with Gasteiger partial charge in [-0.2, -0.15) is 4.91 Å². The van der Waals surface area contributed by atoms with Crippen molar-refractivity contribution in [2.24, 2.45) is 51.3 Å². The minimum absolute atomic E-state index is 0.0891. The minimum atomic E-state index is -0.283. The third-order valence-corrected chi connectivity index (χ3v) is 10.0. The lowest BCUT2D eigenvalue weighted by Gasteiger charge is -2.67. The van der Waals surface area contributed by atoms with E-state index in [9.17, 15) is 15.1 Å². The van der Waals surface area contributed by atoms with Crippen molar-refractivity contribution in [3.63, 3.8) is 0 Å². The van der Waals surface area contributed by atoms with E-state index in [0.717, 1.165) is 51.4 Å². The van der Waals surface area contributed by atoms with Crippen LogP contribution < -0.4 is 5.73 Å². The summed E-state index contributed by atoms with van der Waals surface area (Å²) in [5.41, 5.74) is 7.27. The average molecular weight is 499 g/mol. The number of hydrogen-bond donors (Lipinski definition) is 3. The van der Waals surface area contributed by atoms with Crippen molar-refractivity contribution in [1.82, 2.24) is 0 Å². The molecule has 4 N–H and O–H groups in total. The number of aliphatic hydroxyl groups is 2. The van der Waals surface area contributed by atoms with E-state index in [1.807, 2.05) is 62.3 Å². The van der Waals surface area contributed by atoms with Crippen LogP contribution >= 0.6 is 0 Å². The summed E-state index contributed by atoms with van der Waals surface area (Å²) in [5.74, 6) is 1.69. The van der Waals surface area contributed by atoms with Crippen molar-refractivity contribution in [1.29, 1.82) is 0 Å². The van der Waals surface area contributed by atoms with Crippen LogP contribution in [-0.2, 0) is 0 Å². The predicted molar refractivity (Wildman–Crippen MR) is 151 cm³/mol. The van der Waals surface area contributed by atoms with E-state index in [1.54, 1.807) is 0 Å². The van der Waals surface area contributed by atoms with Gasteiger partial charge in [-0.25, -0.2) is 0 Å². The highest BCUT2D eigenvalue weighted by molar-refractivity contribution is 5.20. The molecule has 0 heterocycles.